The highest BCUT2D eigenvalue weighted by Crippen LogP contribution is 2.10. The van der Waals surface area contributed by atoms with E-state index in [1.165, 1.54) is 7.11 Å². The van der Waals surface area contributed by atoms with E-state index in [-0.39, 0.29) is 11.5 Å². The minimum atomic E-state index is -0.734. The van der Waals surface area contributed by atoms with Crippen molar-refractivity contribution in [3.8, 4) is 0 Å². The van der Waals surface area contributed by atoms with Crippen LogP contribution in [0.4, 0.5) is 0 Å². The predicted molar refractivity (Wildman–Crippen MR) is 60.1 cm³/mol. The van der Waals surface area contributed by atoms with Crippen molar-refractivity contribution < 1.29 is 14.3 Å². The van der Waals surface area contributed by atoms with Crippen molar-refractivity contribution in [1.29, 1.82) is 0 Å². The van der Waals surface area contributed by atoms with E-state index in [9.17, 15) is 9.59 Å². The van der Waals surface area contributed by atoms with Gasteiger partial charge in [0.1, 0.15) is 5.70 Å². The Labute approximate surface area is 97.6 Å². The summed E-state index contributed by atoms with van der Waals surface area (Å²) < 4.78 is 4.36. The number of methoxy groups -OCH3 is 1. The number of halogens is 1. The molecular weight excluding hydrogens is 230 g/mol. The number of carbonyl (C=O) groups is 2. The van der Waals surface area contributed by atoms with Gasteiger partial charge in [0.05, 0.1) is 7.11 Å². The van der Waals surface area contributed by atoms with Crippen LogP contribution in [0.1, 0.15) is 10.4 Å². The zero-order valence-electron chi connectivity index (χ0n) is 8.57. The second-order valence-corrected chi connectivity index (χ2v) is 3.40. The predicted octanol–water partition coefficient (Wildman–Crippen LogP) is 1.54. The van der Waals surface area contributed by atoms with Crippen LogP contribution in [0.15, 0.2) is 36.0 Å². The molecule has 5 heteroatoms. The number of ketones is 1. The number of esters is 1. The lowest BCUT2D eigenvalue weighted by molar-refractivity contribution is -0.136. The van der Waals surface area contributed by atoms with Crippen molar-refractivity contribution in [2.24, 2.45) is 5.73 Å². The Morgan fingerprint density at radius 2 is 1.88 bits per heavy atom. The summed E-state index contributed by atoms with van der Waals surface area (Å²) >= 11 is 5.67. The third-order valence-electron chi connectivity index (χ3n) is 1.84. The zero-order valence-corrected chi connectivity index (χ0v) is 9.32. The summed E-state index contributed by atoms with van der Waals surface area (Å²) in [5.74, 6) is -1.11. The summed E-state index contributed by atoms with van der Waals surface area (Å²) in [6, 6.07) is 6.26. The van der Waals surface area contributed by atoms with Gasteiger partial charge in [-0.3, -0.25) is 4.79 Å². The summed E-state index contributed by atoms with van der Waals surface area (Å²) in [6.07, 6.45) is 1.02. The van der Waals surface area contributed by atoms with Gasteiger partial charge in [0.15, 0.2) is 5.78 Å². The van der Waals surface area contributed by atoms with E-state index in [0.29, 0.717) is 10.6 Å². The van der Waals surface area contributed by atoms with Crippen molar-refractivity contribution in [3.05, 3.63) is 46.6 Å². The van der Waals surface area contributed by atoms with Crippen LogP contribution in [0.5, 0.6) is 0 Å². The maximum Gasteiger partial charge on any atom is 0.354 e. The molecule has 0 heterocycles. The summed E-state index contributed by atoms with van der Waals surface area (Å²) in [5, 5.41) is 0.529. The van der Waals surface area contributed by atoms with Crippen LogP contribution in [0.2, 0.25) is 5.02 Å². The normalized spacial score (nSPS) is 11.0. The van der Waals surface area contributed by atoms with Gasteiger partial charge < -0.3 is 10.5 Å². The lowest BCUT2D eigenvalue weighted by Gasteiger charge is -1.99. The fourth-order valence-electron chi connectivity index (χ4n) is 1.02. The quantitative estimate of drug-likeness (QED) is 0.494. The molecule has 0 unspecified atom stereocenters. The molecule has 84 valence electrons. The first-order chi connectivity index (χ1) is 7.54. The smallest absolute Gasteiger partial charge is 0.354 e. The van der Waals surface area contributed by atoms with E-state index < -0.39 is 5.97 Å². The minimum Gasteiger partial charge on any atom is -0.464 e. The zero-order chi connectivity index (χ0) is 12.1. The molecule has 4 nitrogen and oxygen atoms in total. The van der Waals surface area contributed by atoms with Crippen molar-refractivity contribution >= 4 is 23.4 Å². The first kappa shape index (κ1) is 12.3. The number of rotatable bonds is 3. The van der Waals surface area contributed by atoms with Crippen LogP contribution < -0.4 is 5.73 Å². The van der Waals surface area contributed by atoms with Crippen molar-refractivity contribution in [1.82, 2.24) is 0 Å². The van der Waals surface area contributed by atoms with Crippen molar-refractivity contribution in [2.75, 3.05) is 7.11 Å². The van der Waals surface area contributed by atoms with Gasteiger partial charge in [-0.25, -0.2) is 4.79 Å². The molecule has 2 N–H and O–H groups in total. The van der Waals surface area contributed by atoms with Gasteiger partial charge in [-0.05, 0) is 24.3 Å². The molecule has 0 aromatic heterocycles. The first-order valence-corrected chi connectivity index (χ1v) is 4.77. The Kier molecular flexibility index (Phi) is 4.08. The highest BCUT2D eigenvalue weighted by Gasteiger charge is 2.08. The van der Waals surface area contributed by atoms with Crippen LogP contribution in [-0.4, -0.2) is 18.9 Å². The van der Waals surface area contributed by atoms with E-state index in [2.05, 4.69) is 4.74 Å². The van der Waals surface area contributed by atoms with E-state index in [1.807, 2.05) is 0 Å². The summed E-state index contributed by atoms with van der Waals surface area (Å²) in [7, 11) is 1.19. The Balaban J connectivity index is 2.87. The summed E-state index contributed by atoms with van der Waals surface area (Å²) in [5.41, 5.74) is 5.50. The molecule has 0 fully saturated rings. The number of allylic oxidation sites excluding steroid dienone is 1. The molecule has 1 aromatic rings. The standard InChI is InChI=1S/C11H10ClNO3/c1-16-11(15)9(13)6-10(14)7-2-4-8(12)5-3-7/h2-6H,13H2,1H3/b9-6-. The van der Waals surface area contributed by atoms with Crippen LogP contribution in [0, 0.1) is 0 Å². The average Bonchev–Trinajstić information content (AvgIpc) is 2.28. The average molecular weight is 240 g/mol. The number of hydrogen-bond acceptors (Lipinski definition) is 4. The molecule has 16 heavy (non-hydrogen) atoms. The van der Waals surface area contributed by atoms with E-state index in [0.717, 1.165) is 6.08 Å². The molecule has 0 radical (unpaired) electrons. The number of nitrogens with two attached hydrogens (primary N) is 1. The first-order valence-electron chi connectivity index (χ1n) is 4.40. The SMILES string of the molecule is COC(=O)/C(N)=C/C(=O)c1ccc(Cl)cc1. The molecule has 0 aliphatic heterocycles. The lowest BCUT2D eigenvalue weighted by atomic mass is 10.1. The van der Waals surface area contributed by atoms with Crippen LogP contribution in [0.25, 0.3) is 0 Å². The van der Waals surface area contributed by atoms with Crippen molar-refractivity contribution in [3.63, 3.8) is 0 Å². The number of carbonyl (C=O) groups excluding carboxylic acids is 2. The number of hydrogen-bond donors (Lipinski definition) is 1. The maximum absolute atomic E-state index is 11.6. The molecule has 1 rings (SSSR count). The fraction of sp³-hybridized carbons (Fsp3) is 0.0909. The molecule has 0 aliphatic carbocycles. The molecule has 0 atom stereocenters. The number of ether oxygens (including phenoxy) is 1. The summed E-state index contributed by atoms with van der Waals surface area (Å²) in [6.45, 7) is 0. The molecule has 0 bridgehead atoms. The maximum atomic E-state index is 11.6. The molecule has 1 aromatic carbocycles. The van der Waals surface area contributed by atoms with Crippen LogP contribution in [-0.2, 0) is 9.53 Å². The van der Waals surface area contributed by atoms with Crippen LogP contribution in [0.3, 0.4) is 0 Å². The molecule has 0 saturated carbocycles. The van der Waals surface area contributed by atoms with Gasteiger partial charge in [-0.2, -0.15) is 0 Å². The second-order valence-electron chi connectivity index (χ2n) is 2.96. The van der Waals surface area contributed by atoms with E-state index in [4.69, 9.17) is 17.3 Å². The molecule has 0 amide bonds. The minimum absolute atomic E-state index is 0.234. The lowest BCUT2D eigenvalue weighted by Crippen LogP contribution is -2.14. The van der Waals surface area contributed by atoms with Gasteiger partial charge in [-0.15, -0.1) is 0 Å². The Morgan fingerprint density at radius 1 is 1.31 bits per heavy atom. The monoisotopic (exact) mass is 239 g/mol. The van der Waals surface area contributed by atoms with Gasteiger partial charge in [0, 0.05) is 16.7 Å². The Morgan fingerprint density at radius 3 is 2.38 bits per heavy atom. The van der Waals surface area contributed by atoms with Gasteiger partial charge in [0.25, 0.3) is 0 Å². The van der Waals surface area contributed by atoms with E-state index >= 15 is 0 Å². The van der Waals surface area contributed by atoms with Gasteiger partial charge in [0.2, 0.25) is 0 Å². The topological polar surface area (TPSA) is 69.4 Å². The second kappa shape index (κ2) is 5.32. The van der Waals surface area contributed by atoms with E-state index in [1.54, 1.807) is 24.3 Å². The third kappa shape index (κ3) is 3.10. The Hall–Kier alpha value is -1.81. The largest absolute Gasteiger partial charge is 0.464 e. The van der Waals surface area contributed by atoms with Crippen molar-refractivity contribution in [2.45, 2.75) is 0 Å². The van der Waals surface area contributed by atoms with Crippen LogP contribution >= 0.6 is 11.6 Å². The highest BCUT2D eigenvalue weighted by atomic mass is 35.5. The van der Waals surface area contributed by atoms with Gasteiger partial charge in [-0.1, -0.05) is 11.6 Å². The Bertz CT molecular complexity index is 437. The third-order valence-corrected chi connectivity index (χ3v) is 2.09. The highest BCUT2D eigenvalue weighted by molar-refractivity contribution is 6.30. The van der Waals surface area contributed by atoms with Gasteiger partial charge >= 0.3 is 5.97 Å². The molecule has 0 aliphatic rings. The number of benzene rings is 1. The summed E-state index contributed by atoms with van der Waals surface area (Å²) in [4.78, 5) is 22.5. The molecule has 0 saturated heterocycles. The molecule has 0 spiro atoms. The molecular formula is C11H10ClNO3. The fourth-order valence-corrected chi connectivity index (χ4v) is 1.14.